The normalized spacial score (nSPS) is 14.5. The van der Waals surface area contributed by atoms with Crippen molar-refractivity contribution in [3.05, 3.63) is 95.3 Å². The summed E-state index contributed by atoms with van der Waals surface area (Å²) in [6.45, 7) is 1.61. The molecule has 4 rings (SSSR count). The van der Waals surface area contributed by atoms with Gasteiger partial charge in [-0.15, -0.1) is 0 Å². The maximum atomic E-state index is 12.6. The van der Waals surface area contributed by atoms with Gasteiger partial charge in [-0.1, -0.05) is 48.5 Å². The van der Waals surface area contributed by atoms with Crippen molar-refractivity contribution in [3.8, 4) is 5.75 Å². The van der Waals surface area contributed by atoms with Gasteiger partial charge in [0.1, 0.15) is 5.75 Å². The van der Waals surface area contributed by atoms with Crippen LogP contribution in [-0.2, 0) is 17.6 Å². The smallest absolute Gasteiger partial charge is 0.226 e. The van der Waals surface area contributed by atoms with Gasteiger partial charge >= 0.3 is 0 Å². The molecular weight excluding hydrogens is 372 g/mol. The number of piperidine rings is 1. The zero-order valence-corrected chi connectivity index (χ0v) is 17.5. The molecule has 2 aromatic carbocycles. The van der Waals surface area contributed by atoms with Crippen molar-refractivity contribution >= 4 is 5.91 Å². The summed E-state index contributed by atoms with van der Waals surface area (Å²) in [5.74, 6) is 1.51. The Bertz CT molecular complexity index is 962. The number of carbonyl (C=O) groups excluding carboxylic acids is 1. The monoisotopic (exact) mass is 400 g/mol. The summed E-state index contributed by atoms with van der Waals surface area (Å²) < 4.78 is 5.23. The fraction of sp³-hybridized carbons (Fsp3) is 0.308. The zero-order valence-electron chi connectivity index (χ0n) is 17.5. The van der Waals surface area contributed by atoms with Gasteiger partial charge in [-0.05, 0) is 48.2 Å². The van der Waals surface area contributed by atoms with E-state index in [1.54, 1.807) is 7.11 Å². The molecule has 154 valence electrons. The second-order valence-corrected chi connectivity index (χ2v) is 7.90. The predicted octanol–water partition coefficient (Wildman–Crippen LogP) is 4.63. The van der Waals surface area contributed by atoms with Gasteiger partial charge in [-0.2, -0.15) is 0 Å². The summed E-state index contributed by atoms with van der Waals surface area (Å²) in [5.41, 5.74) is 4.54. The Morgan fingerprint density at radius 3 is 2.37 bits per heavy atom. The summed E-state index contributed by atoms with van der Waals surface area (Å²) in [6.07, 6.45) is 3.24. The van der Waals surface area contributed by atoms with Crippen LogP contribution in [-0.4, -0.2) is 36.0 Å². The topological polar surface area (TPSA) is 42.4 Å². The number of rotatable bonds is 6. The molecule has 1 aliphatic rings. The van der Waals surface area contributed by atoms with E-state index in [0.29, 0.717) is 12.3 Å². The first-order valence-corrected chi connectivity index (χ1v) is 10.6. The largest absolute Gasteiger partial charge is 0.497 e. The Labute approximate surface area is 178 Å². The fourth-order valence-electron chi connectivity index (χ4n) is 4.08. The number of pyridine rings is 1. The molecule has 1 aromatic heterocycles. The lowest BCUT2D eigenvalue weighted by Gasteiger charge is -2.32. The Kier molecular flexibility index (Phi) is 6.43. The summed E-state index contributed by atoms with van der Waals surface area (Å²) in [7, 11) is 1.68. The van der Waals surface area contributed by atoms with Crippen molar-refractivity contribution in [2.75, 3.05) is 20.2 Å². The van der Waals surface area contributed by atoms with Gasteiger partial charge in [0.2, 0.25) is 5.91 Å². The van der Waals surface area contributed by atoms with Gasteiger partial charge in [0.05, 0.1) is 13.5 Å². The van der Waals surface area contributed by atoms with Crippen molar-refractivity contribution in [1.82, 2.24) is 9.88 Å². The van der Waals surface area contributed by atoms with Crippen LogP contribution >= 0.6 is 0 Å². The first kappa shape index (κ1) is 20.1. The van der Waals surface area contributed by atoms with Crippen LogP contribution in [0.1, 0.15) is 41.3 Å². The first-order chi connectivity index (χ1) is 14.7. The summed E-state index contributed by atoms with van der Waals surface area (Å²) in [5, 5.41) is 0. The maximum Gasteiger partial charge on any atom is 0.226 e. The number of benzene rings is 2. The predicted molar refractivity (Wildman–Crippen MR) is 119 cm³/mol. The molecule has 0 radical (unpaired) electrons. The number of hydrogen-bond acceptors (Lipinski definition) is 3. The van der Waals surface area contributed by atoms with Crippen LogP contribution in [0.25, 0.3) is 0 Å². The standard InChI is InChI=1S/C26H28N2O2/c1-30-24-12-10-21(11-13-24)18-23-8-5-9-25(27-23)22-14-16-28(17-15-22)26(29)19-20-6-3-2-4-7-20/h2-13,22H,14-19H2,1H3. The third kappa shape index (κ3) is 5.07. The number of hydrogen-bond donors (Lipinski definition) is 0. The second-order valence-electron chi connectivity index (χ2n) is 7.90. The van der Waals surface area contributed by atoms with Crippen LogP contribution in [0.3, 0.4) is 0 Å². The minimum Gasteiger partial charge on any atom is -0.497 e. The van der Waals surface area contributed by atoms with Crippen LogP contribution in [0.4, 0.5) is 0 Å². The maximum absolute atomic E-state index is 12.6. The summed E-state index contributed by atoms with van der Waals surface area (Å²) >= 11 is 0. The molecular formula is C26H28N2O2. The van der Waals surface area contributed by atoms with Crippen LogP contribution in [0.5, 0.6) is 5.75 Å². The third-order valence-corrected chi connectivity index (χ3v) is 5.84. The highest BCUT2D eigenvalue weighted by Crippen LogP contribution is 2.27. The molecule has 4 heteroatoms. The quantitative estimate of drug-likeness (QED) is 0.606. The van der Waals surface area contributed by atoms with E-state index in [1.165, 1.54) is 5.56 Å². The molecule has 0 unspecified atom stereocenters. The van der Waals surface area contributed by atoms with Gasteiger partial charge < -0.3 is 9.64 Å². The highest BCUT2D eigenvalue weighted by molar-refractivity contribution is 5.78. The van der Waals surface area contributed by atoms with E-state index in [0.717, 1.165) is 55.1 Å². The number of aromatic nitrogens is 1. The highest BCUT2D eigenvalue weighted by Gasteiger charge is 2.24. The van der Waals surface area contributed by atoms with Crippen molar-refractivity contribution in [3.63, 3.8) is 0 Å². The number of amides is 1. The van der Waals surface area contributed by atoms with E-state index in [-0.39, 0.29) is 5.91 Å². The molecule has 0 aliphatic carbocycles. The van der Waals surface area contributed by atoms with Crippen LogP contribution in [0.2, 0.25) is 0 Å². The second kappa shape index (κ2) is 9.57. The van der Waals surface area contributed by atoms with Crippen LogP contribution in [0.15, 0.2) is 72.8 Å². The average molecular weight is 401 g/mol. The lowest BCUT2D eigenvalue weighted by molar-refractivity contribution is -0.131. The van der Waals surface area contributed by atoms with E-state index in [9.17, 15) is 4.79 Å². The Hall–Kier alpha value is -3.14. The minimum atomic E-state index is 0.223. The van der Waals surface area contributed by atoms with Crippen molar-refractivity contribution in [2.24, 2.45) is 0 Å². The van der Waals surface area contributed by atoms with E-state index < -0.39 is 0 Å². The Balaban J connectivity index is 1.34. The molecule has 0 saturated carbocycles. The van der Waals surface area contributed by atoms with Crippen LogP contribution in [0, 0.1) is 0 Å². The molecule has 0 atom stereocenters. The molecule has 2 heterocycles. The molecule has 1 amide bonds. The molecule has 0 spiro atoms. The van der Waals surface area contributed by atoms with E-state index in [1.807, 2.05) is 47.4 Å². The molecule has 1 fully saturated rings. The van der Waals surface area contributed by atoms with E-state index in [2.05, 4.69) is 30.3 Å². The Morgan fingerprint density at radius 1 is 0.933 bits per heavy atom. The molecule has 1 aliphatic heterocycles. The number of ether oxygens (including phenoxy) is 1. The molecule has 0 bridgehead atoms. The van der Waals surface area contributed by atoms with E-state index in [4.69, 9.17) is 9.72 Å². The van der Waals surface area contributed by atoms with Crippen molar-refractivity contribution < 1.29 is 9.53 Å². The van der Waals surface area contributed by atoms with Crippen molar-refractivity contribution in [1.29, 1.82) is 0 Å². The molecule has 1 saturated heterocycles. The molecule has 0 N–H and O–H groups in total. The zero-order chi connectivity index (χ0) is 20.8. The fourth-order valence-corrected chi connectivity index (χ4v) is 4.08. The summed E-state index contributed by atoms with van der Waals surface area (Å²) in [6, 6.07) is 24.5. The Morgan fingerprint density at radius 2 is 1.67 bits per heavy atom. The summed E-state index contributed by atoms with van der Waals surface area (Å²) in [4.78, 5) is 19.6. The van der Waals surface area contributed by atoms with Crippen LogP contribution < -0.4 is 4.74 Å². The first-order valence-electron chi connectivity index (χ1n) is 10.6. The number of likely N-dealkylation sites (tertiary alicyclic amines) is 1. The van der Waals surface area contributed by atoms with Gasteiger partial charge in [-0.25, -0.2) is 0 Å². The van der Waals surface area contributed by atoms with Crippen molar-refractivity contribution in [2.45, 2.75) is 31.6 Å². The van der Waals surface area contributed by atoms with Gasteiger partial charge in [-0.3, -0.25) is 9.78 Å². The highest BCUT2D eigenvalue weighted by atomic mass is 16.5. The van der Waals surface area contributed by atoms with E-state index >= 15 is 0 Å². The number of methoxy groups -OCH3 is 1. The van der Waals surface area contributed by atoms with Gasteiger partial charge in [0.25, 0.3) is 0 Å². The third-order valence-electron chi connectivity index (χ3n) is 5.84. The lowest BCUT2D eigenvalue weighted by Crippen LogP contribution is -2.38. The molecule has 30 heavy (non-hydrogen) atoms. The minimum absolute atomic E-state index is 0.223. The number of carbonyl (C=O) groups is 1. The number of nitrogens with zero attached hydrogens (tertiary/aromatic N) is 2. The average Bonchev–Trinajstić information content (AvgIpc) is 2.80. The SMILES string of the molecule is COc1ccc(Cc2cccc(C3CCN(C(=O)Cc4ccccc4)CC3)n2)cc1. The lowest BCUT2D eigenvalue weighted by atomic mass is 9.92. The van der Waals surface area contributed by atoms with Gasteiger partial charge in [0.15, 0.2) is 0 Å². The molecule has 4 nitrogen and oxygen atoms in total. The van der Waals surface area contributed by atoms with Gasteiger partial charge in [0, 0.05) is 36.8 Å². The molecule has 3 aromatic rings.